The fourth-order valence-electron chi connectivity index (χ4n) is 0.679. The van der Waals surface area contributed by atoms with Crippen LogP contribution in [0.4, 0.5) is 0 Å². The van der Waals surface area contributed by atoms with Crippen molar-refractivity contribution in [1.82, 2.24) is 0 Å². The van der Waals surface area contributed by atoms with Gasteiger partial charge < -0.3 is 24.5 Å². The first kappa shape index (κ1) is 18.0. The Balaban J connectivity index is 0. The molecule has 0 heterocycles. The molecule has 0 N–H and O–H groups in total. The Bertz CT molecular complexity index is 116. The Hall–Kier alpha value is 1.65. The summed E-state index contributed by atoms with van der Waals surface area (Å²) in [7, 11) is 0. The summed E-state index contributed by atoms with van der Waals surface area (Å²) < 4.78 is 10.7. The van der Waals surface area contributed by atoms with Crippen molar-refractivity contribution in [2.45, 2.75) is 39.5 Å². The minimum Gasteiger partial charge on any atom is -0.516 e. The van der Waals surface area contributed by atoms with Crippen molar-refractivity contribution in [2.24, 2.45) is 0 Å². The van der Waals surface area contributed by atoms with E-state index in [0.717, 1.165) is 25.7 Å². The molecule has 14 heavy (non-hydrogen) atoms. The van der Waals surface area contributed by atoms with Gasteiger partial charge in [-0.1, -0.05) is 26.7 Å². The molecule has 0 aliphatic heterocycles. The summed E-state index contributed by atoms with van der Waals surface area (Å²) in [5.74, 6) is 0. The molecule has 0 bridgehead atoms. The van der Waals surface area contributed by atoms with E-state index >= 15 is 0 Å². The molecule has 0 aliphatic rings. The molecule has 0 amide bonds. The molecular formula is C8H18LiO2PS2. The number of rotatable bonds is 8. The van der Waals surface area contributed by atoms with Crippen molar-refractivity contribution < 1.29 is 27.9 Å². The van der Waals surface area contributed by atoms with Crippen molar-refractivity contribution in [3.05, 3.63) is 0 Å². The quantitative estimate of drug-likeness (QED) is 0.268. The Morgan fingerprint density at radius 3 is 1.57 bits per heavy atom. The van der Waals surface area contributed by atoms with Gasteiger partial charge in [-0.15, -0.1) is 0 Å². The van der Waals surface area contributed by atoms with Gasteiger partial charge in [-0.05, 0) is 12.8 Å². The summed E-state index contributed by atoms with van der Waals surface area (Å²) in [6, 6.07) is 0. The zero-order chi connectivity index (χ0) is 10.2. The third-order valence-electron chi connectivity index (χ3n) is 1.49. The van der Waals surface area contributed by atoms with Crippen molar-refractivity contribution in [3.8, 4) is 0 Å². The van der Waals surface area contributed by atoms with Gasteiger partial charge in [0.1, 0.15) is 0 Å². The van der Waals surface area contributed by atoms with Crippen LogP contribution in [-0.4, -0.2) is 13.2 Å². The van der Waals surface area contributed by atoms with E-state index in [1.807, 2.05) is 0 Å². The monoisotopic (exact) mass is 248 g/mol. The normalized spacial score (nSPS) is 11.1. The average molecular weight is 248 g/mol. The molecule has 0 saturated heterocycles. The van der Waals surface area contributed by atoms with Gasteiger partial charge in [0.05, 0.1) is 13.2 Å². The van der Waals surface area contributed by atoms with E-state index in [1.165, 1.54) is 0 Å². The van der Waals surface area contributed by atoms with E-state index in [0.29, 0.717) is 13.2 Å². The van der Waals surface area contributed by atoms with Gasteiger partial charge in [0.2, 0.25) is 0 Å². The van der Waals surface area contributed by atoms with Crippen LogP contribution in [0.5, 0.6) is 0 Å². The molecular weight excluding hydrogens is 230 g/mol. The molecule has 0 spiro atoms. The van der Waals surface area contributed by atoms with Gasteiger partial charge >= 0.3 is 18.9 Å². The van der Waals surface area contributed by atoms with E-state index in [1.54, 1.807) is 0 Å². The van der Waals surface area contributed by atoms with Gasteiger partial charge in [-0.2, -0.15) is 0 Å². The van der Waals surface area contributed by atoms with Gasteiger partial charge in [-0.25, -0.2) is 0 Å². The number of hydrogen-bond donors (Lipinski definition) is 0. The van der Waals surface area contributed by atoms with Gasteiger partial charge in [0.15, 0.2) is 0 Å². The SMILES string of the molecule is CCCCO[P+]([S-])([S-])OCCCC.[Li+]. The molecule has 0 atom stereocenters. The zero-order valence-electron chi connectivity index (χ0n) is 9.32. The summed E-state index contributed by atoms with van der Waals surface area (Å²) in [5.41, 5.74) is 0. The molecule has 0 rings (SSSR count). The summed E-state index contributed by atoms with van der Waals surface area (Å²) in [6.07, 6.45) is 1.87. The van der Waals surface area contributed by atoms with E-state index in [2.05, 4.69) is 13.8 Å². The maximum Gasteiger partial charge on any atom is 1.00 e. The van der Waals surface area contributed by atoms with Crippen LogP contribution in [0.2, 0.25) is 0 Å². The minimum atomic E-state index is -2.34. The fourth-order valence-corrected chi connectivity index (χ4v) is 2.35. The first-order valence-corrected chi connectivity index (χ1v) is 8.37. The summed E-state index contributed by atoms with van der Waals surface area (Å²) in [6.45, 7) is 5.50. The predicted molar refractivity (Wildman–Crippen MR) is 63.4 cm³/mol. The fraction of sp³-hybridized carbons (Fsp3) is 1.00. The molecule has 0 aromatic rings. The van der Waals surface area contributed by atoms with E-state index < -0.39 is 6.12 Å². The van der Waals surface area contributed by atoms with Gasteiger partial charge in [0.25, 0.3) is 0 Å². The number of unbranched alkanes of at least 4 members (excludes halogenated alkanes) is 2. The van der Waals surface area contributed by atoms with Gasteiger partial charge in [0, 0.05) is 6.12 Å². The smallest absolute Gasteiger partial charge is 0.516 e. The van der Waals surface area contributed by atoms with Crippen molar-refractivity contribution in [1.29, 1.82) is 0 Å². The van der Waals surface area contributed by atoms with E-state index in [-0.39, 0.29) is 18.9 Å². The Morgan fingerprint density at radius 2 is 1.29 bits per heavy atom. The van der Waals surface area contributed by atoms with Crippen LogP contribution < -0.4 is 18.9 Å². The maximum absolute atomic E-state index is 5.33. The van der Waals surface area contributed by atoms with Crippen molar-refractivity contribution >= 4 is 30.6 Å². The second-order valence-electron chi connectivity index (χ2n) is 2.82. The molecule has 0 aromatic heterocycles. The summed E-state index contributed by atoms with van der Waals surface area (Å²) in [5, 5.41) is 0. The standard InChI is InChI=1S/C8H19O2PS2.Li/c1-3-5-7-9-11(12,13)10-8-6-4-2;/h3-8H2,1-2H3,(H,12,13);/q;+1/p-1. The Morgan fingerprint density at radius 1 is 0.929 bits per heavy atom. The molecule has 0 radical (unpaired) electrons. The molecule has 80 valence electrons. The van der Waals surface area contributed by atoms with Crippen LogP contribution >= 0.6 is 6.12 Å². The topological polar surface area (TPSA) is 18.5 Å². The third-order valence-corrected chi connectivity index (χ3v) is 3.76. The number of hydrogen-bond acceptors (Lipinski definition) is 4. The van der Waals surface area contributed by atoms with Crippen LogP contribution in [0, 0.1) is 0 Å². The predicted octanol–water partition coefficient (Wildman–Crippen LogP) is 0.395. The van der Waals surface area contributed by atoms with Crippen molar-refractivity contribution in [2.75, 3.05) is 13.2 Å². The van der Waals surface area contributed by atoms with E-state index in [9.17, 15) is 0 Å². The average Bonchev–Trinajstić information content (AvgIpc) is 2.05. The van der Waals surface area contributed by atoms with Crippen LogP contribution in [0.3, 0.4) is 0 Å². The third kappa shape index (κ3) is 11.7. The largest absolute Gasteiger partial charge is 1.00 e. The first-order valence-electron chi connectivity index (χ1n) is 4.72. The molecule has 6 heteroatoms. The zero-order valence-corrected chi connectivity index (χ0v) is 11.9. The second kappa shape index (κ2) is 11.1. The minimum absolute atomic E-state index is 0. The summed E-state index contributed by atoms with van der Waals surface area (Å²) >= 11 is 10.1. The van der Waals surface area contributed by atoms with Crippen LogP contribution in [0.1, 0.15) is 39.5 Å². The molecule has 2 nitrogen and oxygen atoms in total. The van der Waals surface area contributed by atoms with Gasteiger partial charge in [-0.3, -0.25) is 9.05 Å². The van der Waals surface area contributed by atoms with Crippen LogP contribution in [0.15, 0.2) is 0 Å². The maximum atomic E-state index is 5.33. The van der Waals surface area contributed by atoms with Crippen molar-refractivity contribution in [3.63, 3.8) is 0 Å². The van der Waals surface area contributed by atoms with E-state index in [4.69, 9.17) is 33.5 Å². The molecule has 0 saturated carbocycles. The molecule has 0 fully saturated rings. The molecule has 0 unspecified atom stereocenters. The Labute approximate surface area is 111 Å². The molecule has 0 aliphatic carbocycles. The Kier molecular flexibility index (Phi) is 14.3. The molecule has 0 aromatic carbocycles. The van der Waals surface area contributed by atoms with Crippen LogP contribution in [0.25, 0.3) is 0 Å². The summed E-state index contributed by atoms with van der Waals surface area (Å²) in [4.78, 5) is 0. The second-order valence-corrected chi connectivity index (χ2v) is 7.81. The first-order chi connectivity index (χ1) is 6.12. The van der Waals surface area contributed by atoms with Crippen LogP contribution in [-0.2, 0) is 33.5 Å².